The summed E-state index contributed by atoms with van der Waals surface area (Å²) >= 11 is 7.58. The fraction of sp³-hybridized carbons (Fsp3) is 0.200. The van der Waals surface area contributed by atoms with Crippen LogP contribution < -0.4 is 0 Å². The minimum Gasteiger partial charge on any atom is -0.269 e. The van der Waals surface area contributed by atoms with Gasteiger partial charge in [-0.05, 0) is 43.7 Å². The number of aromatic nitrogens is 3. The van der Waals surface area contributed by atoms with E-state index >= 15 is 0 Å². The molecule has 0 saturated carbocycles. The molecule has 3 aromatic rings. The van der Waals surface area contributed by atoms with Gasteiger partial charge in [0.05, 0.1) is 15.4 Å². The number of hydrogen-bond acceptors (Lipinski definition) is 3. The van der Waals surface area contributed by atoms with E-state index in [-0.39, 0.29) is 0 Å². The highest BCUT2D eigenvalue weighted by Gasteiger charge is 2.15. The van der Waals surface area contributed by atoms with Crippen molar-refractivity contribution in [3.8, 4) is 21.7 Å². The van der Waals surface area contributed by atoms with Crippen molar-refractivity contribution in [2.45, 2.75) is 19.9 Å². The average molecular weight is 303 g/mol. The smallest absolute Gasteiger partial charge is 0.110 e. The molecule has 0 aliphatic rings. The van der Waals surface area contributed by atoms with Gasteiger partial charge in [-0.15, -0.1) is 11.3 Å². The van der Waals surface area contributed by atoms with Gasteiger partial charge in [-0.1, -0.05) is 11.6 Å². The fourth-order valence-corrected chi connectivity index (χ4v) is 3.02. The lowest BCUT2D eigenvalue weighted by molar-refractivity contribution is 0.534. The number of hydrogen-bond donors (Lipinski definition) is 0. The van der Waals surface area contributed by atoms with Crippen LogP contribution in [0.3, 0.4) is 0 Å². The van der Waals surface area contributed by atoms with E-state index in [9.17, 15) is 0 Å². The zero-order valence-electron chi connectivity index (χ0n) is 11.2. The normalized spacial score (nSPS) is 11.2. The lowest BCUT2D eigenvalue weighted by Gasteiger charge is -2.03. The molecule has 5 heteroatoms. The summed E-state index contributed by atoms with van der Waals surface area (Å²) in [5.74, 6) is 0. The molecule has 3 heterocycles. The Labute approximate surface area is 126 Å². The summed E-state index contributed by atoms with van der Waals surface area (Å²) in [7, 11) is 0. The summed E-state index contributed by atoms with van der Waals surface area (Å²) in [6.07, 6.45) is 6.68. The highest BCUT2D eigenvalue weighted by Crippen LogP contribution is 2.36. The van der Waals surface area contributed by atoms with Crippen LogP contribution in [-0.2, 0) is 0 Å². The molecule has 0 spiro atoms. The SMILES string of the molecule is CC(C)n1cc(-c2c[c]ncc2)c(-c2ccc(Cl)s2)n1. The van der Waals surface area contributed by atoms with Gasteiger partial charge in [0.1, 0.15) is 5.69 Å². The molecule has 0 bridgehead atoms. The van der Waals surface area contributed by atoms with Crippen LogP contribution in [-0.4, -0.2) is 14.8 Å². The summed E-state index contributed by atoms with van der Waals surface area (Å²) in [6, 6.07) is 8.06. The van der Waals surface area contributed by atoms with Gasteiger partial charge in [-0.2, -0.15) is 5.10 Å². The van der Waals surface area contributed by atoms with Gasteiger partial charge in [-0.25, -0.2) is 0 Å². The van der Waals surface area contributed by atoms with E-state index in [2.05, 4.69) is 31.2 Å². The molecule has 0 atom stereocenters. The van der Waals surface area contributed by atoms with Crippen LogP contribution >= 0.6 is 22.9 Å². The zero-order valence-corrected chi connectivity index (χ0v) is 12.7. The third-order valence-electron chi connectivity index (χ3n) is 3.00. The van der Waals surface area contributed by atoms with Gasteiger partial charge < -0.3 is 0 Å². The third-order valence-corrected chi connectivity index (χ3v) is 4.24. The van der Waals surface area contributed by atoms with Crippen LogP contribution in [0.25, 0.3) is 21.7 Å². The van der Waals surface area contributed by atoms with Crippen LogP contribution in [0, 0.1) is 6.20 Å². The Hall–Kier alpha value is -1.65. The maximum absolute atomic E-state index is 6.05. The Balaban J connectivity index is 2.17. The summed E-state index contributed by atoms with van der Waals surface area (Å²) in [5.41, 5.74) is 3.09. The average Bonchev–Trinajstić information content (AvgIpc) is 3.05. The van der Waals surface area contributed by atoms with Crippen molar-refractivity contribution in [1.82, 2.24) is 14.8 Å². The Bertz CT molecular complexity index is 716. The van der Waals surface area contributed by atoms with Crippen molar-refractivity contribution in [2.75, 3.05) is 0 Å². The van der Waals surface area contributed by atoms with Crippen molar-refractivity contribution in [1.29, 1.82) is 0 Å². The molecule has 0 aliphatic carbocycles. The maximum Gasteiger partial charge on any atom is 0.110 e. The second-order valence-electron chi connectivity index (χ2n) is 4.74. The topological polar surface area (TPSA) is 30.7 Å². The quantitative estimate of drug-likeness (QED) is 0.701. The molecule has 20 heavy (non-hydrogen) atoms. The Morgan fingerprint density at radius 2 is 2.15 bits per heavy atom. The standard InChI is InChI=1S/C15H13ClN3S/c1-10(2)19-9-12(11-5-7-17-8-6-11)15(18-19)13-3-4-14(16)20-13/h3-7,9-10H,1-2H3. The van der Waals surface area contributed by atoms with Crippen LogP contribution in [0.2, 0.25) is 4.34 Å². The molecule has 0 unspecified atom stereocenters. The number of nitrogens with zero attached hydrogens (tertiary/aromatic N) is 3. The van der Waals surface area contributed by atoms with Gasteiger partial charge in [0.25, 0.3) is 0 Å². The van der Waals surface area contributed by atoms with E-state index in [0.717, 1.165) is 26.0 Å². The predicted octanol–water partition coefficient (Wildman–Crippen LogP) is 4.71. The first kappa shape index (κ1) is 13.3. The second-order valence-corrected chi connectivity index (χ2v) is 6.46. The first-order valence-electron chi connectivity index (χ1n) is 6.32. The van der Waals surface area contributed by atoms with E-state index in [0.29, 0.717) is 6.04 Å². The van der Waals surface area contributed by atoms with E-state index in [1.165, 1.54) is 11.3 Å². The van der Waals surface area contributed by atoms with Crippen molar-refractivity contribution >= 4 is 22.9 Å². The van der Waals surface area contributed by atoms with E-state index < -0.39 is 0 Å². The van der Waals surface area contributed by atoms with Gasteiger partial charge in [0, 0.05) is 24.0 Å². The van der Waals surface area contributed by atoms with Crippen LogP contribution in [0.1, 0.15) is 19.9 Å². The van der Waals surface area contributed by atoms with Crippen LogP contribution in [0.4, 0.5) is 0 Å². The van der Waals surface area contributed by atoms with E-state index in [1.807, 2.05) is 28.9 Å². The molecule has 3 rings (SSSR count). The Morgan fingerprint density at radius 3 is 2.75 bits per heavy atom. The molecule has 0 aromatic carbocycles. The predicted molar refractivity (Wildman–Crippen MR) is 83.0 cm³/mol. The monoisotopic (exact) mass is 302 g/mol. The van der Waals surface area contributed by atoms with Gasteiger partial charge in [0.2, 0.25) is 0 Å². The molecular weight excluding hydrogens is 290 g/mol. The van der Waals surface area contributed by atoms with E-state index in [1.54, 1.807) is 6.20 Å². The number of thiophene rings is 1. The van der Waals surface area contributed by atoms with Crippen LogP contribution in [0.15, 0.2) is 36.7 Å². The van der Waals surface area contributed by atoms with Crippen LogP contribution in [0.5, 0.6) is 0 Å². The van der Waals surface area contributed by atoms with Crippen molar-refractivity contribution < 1.29 is 0 Å². The zero-order chi connectivity index (χ0) is 14.1. The largest absolute Gasteiger partial charge is 0.269 e. The third kappa shape index (κ3) is 2.49. The first-order chi connectivity index (χ1) is 9.65. The summed E-state index contributed by atoms with van der Waals surface area (Å²) in [5, 5.41) is 4.70. The van der Waals surface area contributed by atoms with Gasteiger partial charge >= 0.3 is 0 Å². The number of pyridine rings is 1. The maximum atomic E-state index is 6.05. The van der Waals surface area contributed by atoms with E-state index in [4.69, 9.17) is 16.7 Å². The molecule has 0 fully saturated rings. The molecule has 0 N–H and O–H groups in total. The highest BCUT2D eigenvalue weighted by atomic mass is 35.5. The molecule has 101 valence electrons. The number of rotatable bonds is 3. The fourth-order valence-electron chi connectivity index (χ4n) is 1.97. The molecule has 3 aromatic heterocycles. The minimum atomic E-state index is 0.309. The summed E-state index contributed by atoms with van der Waals surface area (Å²) in [6.45, 7) is 4.22. The molecule has 0 aliphatic heterocycles. The summed E-state index contributed by atoms with van der Waals surface area (Å²) < 4.78 is 2.74. The molecule has 1 radical (unpaired) electrons. The lowest BCUT2D eigenvalue weighted by atomic mass is 10.1. The molecular formula is C15H13ClN3S. The first-order valence-corrected chi connectivity index (χ1v) is 7.52. The molecule has 0 saturated heterocycles. The minimum absolute atomic E-state index is 0.309. The van der Waals surface area contributed by atoms with Crippen molar-refractivity contribution in [3.63, 3.8) is 0 Å². The Kier molecular flexibility index (Phi) is 3.59. The van der Waals surface area contributed by atoms with Gasteiger partial charge in [0.15, 0.2) is 0 Å². The lowest BCUT2D eigenvalue weighted by Crippen LogP contribution is -2.00. The second kappa shape index (κ2) is 5.38. The van der Waals surface area contributed by atoms with Crippen molar-refractivity contribution in [3.05, 3.63) is 47.2 Å². The Morgan fingerprint density at radius 1 is 1.30 bits per heavy atom. The van der Waals surface area contributed by atoms with Crippen molar-refractivity contribution in [2.24, 2.45) is 0 Å². The molecule has 0 amide bonds. The summed E-state index contributed by atoms with van der Waals surface area (Å²) in [4.78, 5) is 5.02. The number of halogens is 1. The van der Waals surface area contributed by atoms with Gasteiger partial charge in [-0.3, -0.25) is 9.67 Å². The highest BCUT2D eigenvalue weighted by molar-refractivity contribution is 7.19. The molecule has 3 nitrogen and oxygen atoms in total.